The van der Waals surface area contributed by atoms with Gasteiger partial charge in [0.15, 0.2) is 0 Å². The molecule has 1 saturated carbocycles. The van der Waals surface area contributed by atoms with Crippen LogP contribution in [0.4, 0.5) is 9.18 Å². The molecule has 1 unspecified atom stereocenters. The maximum atomic E-state index is 13.5. The highest BCUT2D eigenvalue weighted by molar-refractivity contribution is 6.07. The largest absolute Gasteiger partial charge is 0.339 e. The van der Waals surface area contributed by atoms with Crippen LogP contribution in [0.3, 0.4) is 0 Å². The minimum atomic E-state index is -0.717. The Morgan fingerprint density at radius 2 is 2.06 bits per heavy atom. The quantitative estimate of drug-likeness (QED) is 0.730. The van der Waals surface area contributed by atoms with Crippen LogP contribution in [0, 0.1) is 11.7 Å². The summed E-state index contributed by atoms with van der Waals surface area (Å²) in [5.41, 5.74) is -0.149. The number of carbonyl (C=O) groups excluding carboxylic acids is 2. The van der Waals surface area contributed by atoms with Gasteiger partial charge in [-0.2, -0.15) is 4.98 Å². The van der Waals surface area contributed by atoms with Crippen LogP contribution in [-0.4, -0.2) is 57.2 Å². The maximum Gasteiger partial charge on any atom is 0.326 e. The van der Waals surface area contributed by atoms with Gasteiger partial charge in [-0.3, -0.25) is 9.69 Å². The number of hydrogen-bond acceptors (Lipinski definition) is 6. The summed E-state index contributed by atoms with van der Waals surface area (Å²) >= 11 is 0. The average Bonchev–Trinajstić information content (AvgIpc) is 3.37. The SMILES string of the molecule is CC1CCC2(CC1)NC(=O)N(CN1CCCC(c3nc(-c4cccc(F)c4)no3)C1)C2=O. The molecule has 0 bridgehead atoms. The van der Waals surface area contributed by atoms with E-state index in [2.05, 4.69) is 27.3 Å². The Balaban J connectivity index is 1.25. The van der Waals surface area contributed by atoms with E-state index < -0.39 is 5.54 Å². The highest BCUT2D eigenvalue weighted by atomic mass is 19.1. The molecule has 1 spiro atoms. The average molecular weight is 442 g/mol. The minimum Gasteiger partial charge on any atom is -0.339 e. The fourth-order valence-corrected chi connectivity index (χ4v) is 5.13. The Bertz CT molecular complexity index is 1020. The van der Waals surface area contributed by atoms with E-state index >= 15 is 0 Å². The van der Waals surface area contributed by atoms with Crippen LogP contribution in [0.15, 0.2) is 28.8 Å². The molecule has 1 aromatic carbocycles. The second kappa shape index (κ2) is 8.27. The van der Waals surface area contributed by atoms with Crippen molar-refractivity contribution in [2.75, 3.05) is 19.8 Å². The molecule has 1 N–H and O–H groups in total. The number of aromatic nitrogens is 2. The number of nitrogens with one attached hydrogen (secondary N) is 1. The molecule has 3 fully saturated rings. The molecule has 0 radical (unpaired) electrons. The summed E-state index contributed by atoms with van der Waals surface area (Å²) in [4.78, 5) is 33.8. The van der Waals surface area contributed by atoms with Crippen LogP contribution in [-0.2, 0) is 4.79 Å². The van der Waals surface area contributed by atoms with Crippen molar-refractivity contribution in [1.82, 2.24) is 25.3 Å². The van der Waals surface area contributed by atoms with Gasteiger partial charge in [0.05, 0.1) is 12.6 Å². The Labute approximate surface area is 186 Å². The Morgan fingerprint density at radius 3 is 2.84 bits per heavy atom. The molecule has 8 nitrogen and oxygen atoms in total. The van der Waals surface area contributed by atoms with E-state index in [0.29, 0.717) is 42.6 Å². The lowest BCUT2D eigenvalue weighted by atomic mass is 9.77. The van der Waals surface area contributed by atoms with Crippen LogP contribution in [0.2, 0.25) is 0 Å². The van der Waals surface area contributed by atoms with Crippen LogP contribution < -0.4 is 5.32 Å². The summed E-state index contributed by atoms with van der Waals surface area (Å²) in [6, 6.07) is 5.81. The van der Waals surface area contributed by atoms with Crippen LogP contribution in [0.5, 0.6) is 0 Å². The lowest BCUT2D eigenvalue weighted by Crippen LogP contribution is -2.50. The van der Waals surface area contributed by atoms with E-state index in [4.69, 9.17) is 4.52 Å². The van der Waals surface area contributed by atoms with Crippen molar-refractivity contribution in [3.05, 3.63) is 36.0 Å². The molecule has 9 heteroatoms. The van der Waals surface area contributed by atoms with Crippen molar-refractivity contribution in [3.63, 3.8) is 0 Å². The van der Waals surface area contributed by atoms with Crippen LogP contribution >= 0.6 is 0 Å². The number of carbonyl (C=O) groups is 2. The van der Waals surface area contributed by atoms with Crippen molar-refractivity contribution in [1.29, 1.82) is 0 Å². The van der Waals surface area contributed by atoms with Gasteiger partial charge in [0.2, 0.25) is 11.7 Å². The third-order valence-corrected chi connectivity index (χ3v) is 7.09. The lowest BCUT2D eigenvalue weighted by Gasteiger charge is -2.35. The summed E-state index contributed by atoms with van der Waals surface area (Å²) in [5, 5.41) is 7.01. The number of amides is 3. The van der Waals surface area contributed by atoms with Crippen molar-refractivity contribution < 1.29 is 18.5 Å². The van der Waals surface area contributed by atoms with Crippen LogP contribution in [0.25, 0.3) is 11.4 Å². The Kier molecular flexibility index (Phi) is 5.44. The molecular weight excluding hydrogens is 413 g/mol. The van der Waals surface area contributed by atoms with E-state index in [1.165, 1.54) is 17.0 Å². The van der Waals surface area contributed by atoms with Crippen molar-refractivity contribution in [2.24, 2.45) is 5.92 Å². The number of imide groups is 1. The number of halogens is 1. The normalized spacial score (nSPS) is 29.0. The van der Waals surface area contributed by atoms with Gasteiger partial charge >= 0.3 is 6.03 Å². The first-order chi connectivity index (χ1) is 15.4. The summed E-state index contributed by atoms with van der Waals surface area (Å²) < 4.78 is 19.0. The first-order valence-corrected chi connectivity index (χ1v) is 11.4. The number of piperidine rings is 1. The van der Waals surface area contributed by atoms with Gasteiger partial charge in [-0.15, -0.1) is 0 Å². The highest BCUT2D eigenvalue weighted by Crippen LogP contribution is 2.37. The fraction of sp³-hybridized carbons (Fsp3) is 0.565. The molecule has 3 amide bonds. The number of nitrogens with zero attached hydrogens (tertiary/aromatic N) is 4. The van der Waals surface area contributed by atoms with Crippen molar-refractivity contribution in [2.45, 2.75) is 56.9 Å². The van der Waals surface area contributed by atoms with Gasteiger partial charge in [0.1, 0.15) is 11.4 Å². The maximum absolute atomic E-state index is 13.5. The predicted octanol–water partition coefficient (Wildman–Crippen LogP) is 3.51. The standard InChI is InChI=1S/C23H28FN5O3/c1-15-7-9-23(10-8-15)21(30)29(22(31)26-23)14-28-11-3-5-17(13-28)20-25-19(27-32-20)16-4-2-6-18(24)12-16/h2,4,6,12,15,17H,3,5,7-11,13-14H2,1H3,(H,26,31). The van der Waals surface area contributed by atoms with E-state index in [9.17, 15) is 14.0 Å². The molecule has 1 atom stereocenters. The van der Waals surface area contributed by atoms with Gasteiger partial charge in [-0.1, -0.05) is 24.2 Å². The van der Waals surface area contributed by atoms with Gasteiger partial charge in [0.25, 0.3) is 5.91 Å². The van der Waals surface area contributed by atoms with Gasteiger partial charge in [-0.25, -0.2) is 14.1 Å². The minimum absolute atomic E-state index is 0.00353. The molecule has 5 rings (SSSR count). The second-order valence-electron chi connectivity index (χ2n) is 9.45. The van der Waals surface area contributed by atoms with E-state index in [0.717, 1.165) is 32.2 Å². The Hall–Kier alpha value is -2.81. The topological polar surface area (TPSA) is 91.6 Å². The summed E-state index contributed by atoms with van der Waals surface area (Å²) in [5.74, 6) is 1.01. The molecule has 2 aromatic rings. The zero-order chi connectivity index (χ0) is 22.3. The number of hydrogen-bond donors (Lipinski definition) is 1. The number of likely N-dealkylation sites (tertiary alicyclic amines) is 1. The zero-order valence-electron chi connectivity index (χ0n) is 18.2. The summed E-state index contributed by atoms with van der Waals surface area (Å²) in [7, 11) is 0. The number of urea groups is 1. The molecule has 3 aliphatic rings. The van der Waals surface area contributed by atoms with Crippen molar-refractivity contribution in [3.8, 4) is 11.4 Å². The van der Waals surface area contributed by atoms with E-state index in [-0.39, 0.29) is 30.3 Å². The zero-order valence-corrected chi connectivity index (χ0v) is 18.2. The molecule has 1 aliphatic carbocycles. The van der Waals surface area contributed by atoms with E-state index in [1.54, 1.807) is 12.1 Å². The molecular formula is C23H28FN5O3. The third kappa shape index (κ3) is 3.90. The second-order valence-corrected chi connectivity index (χ2v) is 9.45. The summed E-state index contributed by atoms with van der Waals surface area (Å²) in [6.07, 6.45) is 5.11. The van der Waals surface area contributed by atoms with Gasteiger partial charge in [-0.05, 0) is 63.1 Å². The molecule has 2 saturated heterocycles. The van der Waals surface area contributed by atoms with Crippen molar-refractivity contribution >= 4 is 11.9 Å². The molecule has 1 aromatic heterocycles. The Morgan fingerprint density at radius 1 is 1.25 bits per heavy atom. The summed E-state index contributed by atoms with van der Waals surface area (Å²) in [6.45, 7) is 3.87. The third-order valence-electron chi connectivity index (χ3n) is 7.09. The molecule has 170 valence electrons. The molecule has 32 heavy (non-hydrogen) atoms. The van der Waals surface area contributed by atoms with E-state index in [1.807, 2.05) is 0 Å². The molecule has 3 heterocycles. The van der Waals surface area contributed by atoms with Gasteiger partial charge in [0, 0.05) is 12.1 Å². The highest BCUT2D eigenvalue weighted by Gasteiger charge is 2.52. The van der Waals surface area contributed by atoms with Crippen LogP contribution in [0.1, 0.15) is 57.3 Å². The lowest BCUT2D eigenvalue weighted by molar-refractivity contribution is -0.134. The predicted molar refractivity (Wildman–Crippen MR) is 114 cm³/mol. The molecule has 2 aliphatic heterocycles. The smallest absolute Gasteiger partial charge is 0.326 e. The number of benzene rings is 1. The first kappa shape index (κ1) is 21.1. The fourth-order valence-electron chi connectivity index (χ4n) is 5.13. The monoisotopic (exact) mass is 441 g/mol. The first-order valence-electron chi connectivity index (χ1n) is 11.4. The van der Waals surface area contributed by atoms with Gasteiger partial charge < -0.3 is 9.84 Å². The number of rotatable bonds is 4.